The zero-order valence-corrected chi connectivity index (χ0v) is 10.4. The highest BCUT2D eigenvalue weighted by Gasteiger charge is 2.20. The van der Waals surface area contributed by atoms with E-state index in [1.54, 1.807) is 11.3 Å². The summed E-state index contributed by atoms with van der Waals surface area (Å²) in [6.07, 6.45) is 6.34. The average molecular weight is 235 g/mol. The molecule has 0 bridgehead atoms. The Morgan fingerprint density at radius 3 is 3.25 bits per heavy atom. The zero-order valence-electron chi connectivity index (χ0n) is 9.57. The van der Waals surface area contributed by atoms with E-state index in [1.165, 1.54) is 25.0 Å². The number of aromatic nitrogens is 2. The lowest BCUT2D eigenvalue weighted by Gasteiger charge is -2.04. The summed E-state index contributed by atoms with van der Waals surface area (Å²) in [4.78, 5) is 5.65. The molecule has 0 aromatic carbocycles. The Morgan fingerprint density at radius 1 is 1.56 bits per heavy atom. The molecule has 3 nitrogen and oxygen atoms in total. The van der Waals surface area contributed by atoms with Gasteiger partial charge in [-0.25, -0.2) is 4.98 Å². The highest BCUT2D eigenvalue weighted by atomic mass is 32.1. The van der Waals surface area contributed by atoms with E-state index in [0.717, 1.165) is 29.7 Å². The van der Waals surface area contributed by atoms with E-state index in [9.17, 15) is 0 Å². The molecule has 4 heteroatoms. The van der Waals surface area contributed by atoms with Crippen LogP contribution in [0.25, 0.3) is 4.96 Å². The first kappa shape index (κ1) is 10.3. The monoisotopic (exact) mass is 235 g/mol. The van der Waals surface area contributed by atoms with Gasteiger partial charge < -0.3 is 5.32 Å². The third-order valence-electron chi connectivity index (χ3n) is 3.28. The molecule has 16 heavy (non-hydrogen) atoms. The van der Waals surface area contributed by atoms with Gasteiger partial charge >= 0.3 is 0 Å². The normalized spacial score (nSPS) is 16.1. The van der Waals surface area contributed by atoms with Crippen LogP contribution < -0.4 is 5.32 Å². The van der Waals surface area contributed by atoms with Crippen LogP contribution in [0.1, 0.15) is 30.7 Å². The molecule has 1 fully saturated rings. The van der Waals surface area contributed by atoms with Crippen molar-refractivity contribution in [3.05, 3.63) is 23.0 Å². The number of hydrogen-bond acceptors (Lipinski definition) is 3. The molecule has 0 spiro atoms. The number of aryl methyl sites for hydroxylation is 1. The van der Waals surface area contributed by atoms with Gasteiger partial charge in [-0.1, -0.05) is 12.8 Å². The highest BCUT2D eigenvalue weighted by molar-refractivity contribution is 7.15. The van der Waals surface area contributed by atoms with Gasteiger partial charge in [0.25, 0.3) is 0 Å². The Bertz CT molecular complexity index is 481. The standard InChI is InChI=1S/C12H17N3S/c1-9-11(8-13-5-4-10-2-3-10)15-6-7-16-12(15)14-9/h6-7,10,13H,2-5,8H2,1H3. The first-order valence-electron chi connectivity index (χ1n) is 5.96. The minimum atomic E-state index is 0.941. The van der Waals surface area contributed by atoms with Crippen molar-refractivity contribution < 1.29 is 0 Å². The molecule has 0 radical (unpaired) electrons. The Morgan fingerprint density at radius 2 is 2.44 bits per heavy atom. The van der Waals surface area contributed by atoms with E-state index in [2.05, 4.69) is 33.2 Å². The van der Waals surface area contributed by atoms with Gasteiger partial charge in [0.2, 0.25) is 0 Å². The number of imidazole rings is 1. The van der Waals surface area contributed by atoms with Crippen LogP contribution in [-0.4, -0.2) is 15.9 Å². The summed E-state index contributed by atoms with van der Waals surface area (Å²) in [6.45, 7) is 4.18. The van der Waals surface area contributed by atoms with Gasteiger partial charge in [-0.2, -0.15) is 0 Å². The van der Waals surface area contributed by atoms with Crippen LogP contribution in [-0.2, 0) is 6.54 Å². The van der Waals surface area contributed by atoms with Gasteiger partial charge in [0.15, 0.2) is 4.96 Å². The summed E-state index contributed by atoms with van der Waals surface area (Å²) >= 11 is 1.70. The van der Waals surface area contributed by atoms with Crippen molar-refractivity contribution in [2.75, 3.05) is 6.54 Å². The summed E-state index contributed by atoms with van der Waals surface area (Å²) in [5, 5.41) is 5.62. The molecular weight excluding hydrogens is 218 g/mol. The summed E-state index contributed by atoms with van der Waals surface area (Å²) in [5.74, 6) is 1.01. The van der Waals surface area contributed by atoms with Crippen molar-refractivity contribution in [3.8, 4) is 0 Å². The fourth-order valence-corrected chi connectivity index (χ4v) is 2.85. The lowest BCUT2D eigenvalue weighted by molar-refractivity contribution is 0.603. The lowest BCUT2D eigenvalue weighted by Crippen LogP contribution is -2.16. The molecule has 0 unspecified atom stereocenters. The molecular formula is C12H17N3S. The van der Waals surface area contributed by atoms with Crippen LogP contribution in [0.4, 0.5) is 0 Å². The van der Waals surface area contributed by atoms with E-state index in [1.807, 2.05) is 0 Å². The smallest absolute Gasteiger partial charge is 0.194 e. The highest BCUT2D eigenvalue weighted by Crippen LogP contribution is 2.31. The largest absolute Gasteiger partial charge is 0.311 e. The fourth-order valence-electron chi connectivity index (χ4n) is 2.07. The van der Waals surface area contributed by atoms with Crippen molar-refractivity contribution in [3.63, 3.8) is 0 Å². The number of hydrogen-bond donors (Lipinski definition) is 1. The van der Waals surface area contributed by atoms with Crippen LogP contribution in [0.5, 0.6) is 0 Å². The van der Waals surface area contributed by atoms with Gasteiger partial charge in [-0.15, -0.1) is 11.3 Å². The topological polar surface area (TPSA) is 29.3 Å². The summed E-state index contributed by atoms with van der Waals surface area (Å²) in [7, 11) is 0. The molecule has 0 aliphatic heterocycles. The van der Waals surface area contributed by atoms with Crippen molar-refractivity contribution in [1.82, 2.24) is 14.7 Å². The van der Waals surface area contributed by atoms with E-state index in [0.29, 0.717) is 0 Å². The van der Waals surface area contributed by atoms with E-state index in [-0.39, 0.29) is 0 Å². The molecule has 3 rings (SSSR count). The Kier molecular flexibility index (Phi) is 2.69. The van der Waals surface area contributed by atoms with Gasteiger partial charge in [0.1, 0.15) is 0 Å². The Labute approximate surface area is 99.5 Å². The molecule has 1 aliphatic carbocycles. The first-order valence-corrected chi connectivity index (χ1v) is 6.84. The Balaban J connectivity index is 1.63. The van der Waals surface area contributed by atoms with Crippen LogP contribution in [0.3, 0.4) is 0 Å². The van der Waals surface area contributed by atoms with Gasteiger partial charge in [-0.05, 0) is 25.8 Å². The van der Waals surface area contributed by atoms with Crippen molar-refractivity contribution in [2.24, 2.45) is 5.92 Å². The van der Waals surface area contributed by atoms with Gasteiger partial charge in [-0.3, -0.25) is 4.40 Å². The predicted octanol–water partition coefficient (Wildman–Crippen LogP) is 2.59. The molecule has 1 aliphatic rings. The molecule has 1 N–H and O–H groups in total. The number of fused-ring (bicyclic) bond motifs is 1. The number of nitrogens with zero attached hydrogens (tertiary/aromatic N) is 2. The minimum absolute atomic E-state index is 0.941. The number of thiazole rings is 1. The zero-order chi connectivity index (χ0) is 11.0. The van der Waals surface area contributed by atoms with Crippen LogP contribution in [0.2, 0.25) is 0 Å². The second kappa shape index (κ2) is 4.18. The summed E-state index contributed by atoms with van der Waals surface area (Å²) in [5.41, 5.74) is 2.47. The third kappa shape index (κ3) is 1.99. The molecule has 2 aromatic rings. The molecule has 2 aromatic heterocycles. The first-order chi connectivity index (χ1) is 7.84. The second-order valence-corrected chi connectivity index (χ2v) is 5.48. The number of rotatable bonds is 5. The number of nitrogens with one attached hydrogen (secondary N) is 1. The van der Waals surface area contributed by atoms with Crippen molar-refractivity contribution in [2.45, 2.75) is 32.7 Å². The Hall–Kier alpha value is -0.870. The second-order valence-electron chi connectivity index (χ2n) is 4.61. The SMILES string of the molecule is Cc1nc2sccn2c1CNCCC1CC1. The summed E-state index contributed by atoms with van der Waals surface area (Å²) in [6, 6.07) is 0. The predicted molar refractivity (Wildman–Crippen MR) is 66.9 cm³/mol. The van der Waals surface area contributed by atoms with Crippen molar-refractivity contribution >= 4 is 16.3 Å². The van der Waals surface area contributed by atoms with E-state index < -0.39 is 0 Å². The molecule has 0 saturated heterocycles. The average Bonchev–Trinajstić information content (AvgIpc) is 2.90. The lowest BCUT2D eigenvalue weighted by atomic mass is 10.3. The maximum Gasteiger partial charge on any atom is 0.194 e. The van der Waals surface area contributed by atoms with Gasteiger partial charge in [0, 0.05) is 18.1 Å². The molecule has 2 heterocycles. The minimum Gasteiger partial charge on any atom is -0.311 e. The molecule has 0 amide bonds. The van der Waals surface area contributed by atoms with Crippen LogP contribution >= 0.6 is 11.3 Å². The van der Waals surface area contributed by atoms with E-state index >= 15 is 0 Å². The molecule has 1 saturated carbocycles. The quantitative estimate of drug-likeness (QED) is 0.807. The van der Waals surface area contributed by atoms with Crippen LogP contribution in [0.15, 0.2) is 11.6 Å². The maximum absolute atomic E-state index is 4.54. The van der Waals surface area contributed by atoms with Gasteiger partial charge in [0.05, 0.1) is 11.4 Å². The van der Waals surface area contributed by atoms with Crippen molar-refractivity contribution in [1.29, 1.82) is 0 Å². The fraction of sp³-hybridized carbons (Fsp3) is 0.583. The summed E-state index contributed by atoms with van der Waals surface area (Å²) < 4.78 is 2.20. The third-order valence-corrected chi connectivity index (χ3v) is 4.04. The maximum atomic E-state index is 4.54. The molecule has 0 atom stereocenters. The van der Waals surface area contributed by atoms with E-state index in [4.69, 9.17) is 0 Å². The molecule has 86 valence electrons. The van der Waals surface area contributed by atoms with Crippen LogP contribution in [0, 0.1) is 12.8 Å².